The van der Waals surface area contributed by atoms with E-state index in [1.54, 1.807) is 0 Å². The molecule has 2 nitrogen and oxygen atoms in total. The van der Waals surface area contributed by atoms with Gasteiger partial charge in [0.1, 0.15) is 6.29 Å². The van der Waals surface area contributed by atoms with Crippen molar-refractivity contribution in [3.63, 3.8) is 0 Å². The van der Waals surface area contributed by atoms with E-state index in [2.05, 4.69) is 6.92 Å². The van der Waals surface area contributed by atoms with E-state index >= 15 is 0 Å². The molecule has 0 N–H and O–H groups in total. The van der Waals surface area contributed by atoms with Crippen LogP contribution < -0.4 is 0 Å². The predicted octanol–water partition coefficient (Wildman–Crippen LogP) is 2.58. The van der Waals surface area contributed by atoms with Crippen molar-refractivity contribution in [2.24, 2.45) is 0 Å². The molecule has 0 heterocycles. The fraction of sp³-hybridized carbons (Fsp3) is 0.900. The van der Waals surface area contributed by atoms with E-state index in [1.807, 2.05) is 39.9 Å². The van der Waals surface area contributed by atoms with Gasteiger partial charge in [-0.05, 0) is 27.6 Å². The zero-order valence-electron chi connectivity index (χ0n) is 9.55. The molecule has 0 aliphatic rings. The SMILES string of the molecule is CC.CCCCC=O.CN(C)C. The van der Waals surface area contributed by atoms with Crippen LogP contribution in [0.5, 0.6) is 0 Å². The lowest BCUT2D eigenvalue weighted by Crippen LogP contribution is -1.99. The molecule has 0 atom stereocenters. The molecule has 0 aliphatic heterocycles. The van der Waals surface area contributed by atoms with E-state index in [9.17, 15) is 4.79 Å². The van der Waals surface area contributed by atoms with Gasteiger partial charge in [0.2, 0.25) is 0 Å². The van der Waals surface area contributed by atoms with Gasteiger partial charge in [0, 0.05) is 6.42 Å². The maximum Gasteiger partial charge on any atom is 0.119 e. The highest BCUT2D eigenvalue weighted by molar-refractivity contribution is 5.48. The molecule has 0 fully saturated rings. The van der Waals surface area contributed by atoms with Crippen LogP contribution in [0.1, 0.15) is 40.0 Å². The lowest BCUT2D eigenvalue weighted by molar-refractivity contribution is -0.107. The number of hydrogen-bond donors (Lipinski definition) is 0. The molecule has 0 spiro atoms. The number of unbranched alkanes of at least 4 members (excludes halogenated alkanes) is 2. The highest BCUT2D eigenvalue weighted by Gasteiger charge is 1.74. The largest absolute Gasteiger partial charge is 0.312 e. The van der Waals surface area contributed by atoms with Gasteiger partial charge in [-0.2, -0.15) is 0 Å². The van der Waals surface area contributed by atoms with Gasteiger partial charge in [0.25, 0.3) is 0 Å². The summed E-state index contributed by atoms with van der Waals surface area (Å²) in [5.74, 6) is 0. The molecule has 0 rings (SSSR count). The maximum atomic E-state index is 9.56. The number of rotatable bonds is 3. The maximum absolute atomic E-state index is 9.56. The molecule has 2 heteroatoms. The molecule has 76 valence electrons. The first kappa shape index (κ1) is 17.6. The molecule has 0 unspecified atom stereocenters. The Labute approximate surface area is 78.0 Å². The lowest BCUT2D eigenvalue weighted by Gasteiger charge is -1.90. The zero-order valence-corrected chi connectivity index (χ0v) is 9.55. The summed E-state index contributed by atoms with van der Waals surface area (Å²) in [5, 5.41) is 0. The minimum absolute atomic E-state index is 0.733. The molecule has 0 amide bonds. The van der Waals surface area contributed by atoms with E-state index in [0.717, 1.165) is 25.5 Å². The van der Waals surface area contributed by atoms with Crippen LogP contribution >= 0.6 is 0 Å². The topological polar surface area (TPSA) is 20.3 Å². The Hall–Kier alpha value is -0.370. The van der Waals surface area contributed by atoms with Gasteiger partial charge in [-0.25, -0.2) is 0 Å². The Morgan fingerprint density at radius 2 is 1.50 bits per heavy atom. The highest BCUT2D eigenvalue weighted by Crippen LogP contribution is 1.87. The minimum atomic E-state index is 0.733. The number of hydrogen-bond acceptors (Lipinski definition) is 2. The Kier molecular flexibility index (Phi) is 33.0. The number of carbonyl (C=O) groups excluding carboxylic acids is 1. The molecule has 12 heavy (non-hydrogen) atoms. The molecule has 0 aromatic carbocycles. The van der Waals surface area contributed by atoms with Gasteiger partial charge in [-0.1, -0.05) is 27.2 Å². The first-order chi connectivity index (χ1) is 5.65. The first-order valence-electron chi connectivity index (χ1n) is 4.69. The zero-order chi connectivity index (χ0) is 10.4. The molecule has 0 aliphatic carbocycles. The van der Waals surface area contributed by atoms with E-state index in [1.165, 1.54) is 0 Å². The molecule has 0 saturated carbocycles. The fourth-order valence-electron chi connectivity index (χ4n) is 0.287. The van der Waals surface area contributed by atoms with Crippen LogP contribution in [0.25, 0.3) is 0 Å². The van der Waals surface area contributed by atoms with Gasteiger partial charge < -0.3 is 9.69 Å². The molecular weight excluding hydrogens is 150 g/mol. The van der Waals surface area contributed by atoms with Gasteiger partial charge in [0.15, 0.2) is 0 Å². The van der Waals surface area contributed by atoms with Gasteiger partial charge in [-0.15, -0.1) is 0 Å². The third-order valence-electron chi connectivity index (χ3n) is 0.676. The van der Waals surface area contributed by atoms with Crippen molar-refractivity contribution in [1.82, 2.24) is 4.90 Å². The molecular formula is C10H25NO. The number of aldehydes is 1. The summed E-state index contributed by atoms with van der Waals surface area (Å²) in [7, 11) is 6.00. The van der Waals surface area contributed by atoms with E-state index in [0.29, 0.717) is 0 Å². The Morgan fingerprint density at radius 3 is 1.58 bits per heavy atom. The molecule has 0 aromatic rings. The summed E-state index contributed by atoms with van der Waals surface area (Å²) < 4.78 is 0. The summed E-state index contributed by atoms with van der Waals surface area (Å²) >= 11 is 0. The average molecular weight is 175 g/mol. The second kappa shape index (κ2) is 22.4. The van der Waals surface area contributed by atoms with Crippen LogP contribution in [-0.2, 0) is 4.79 Å². The second-order valence-electron chi connectivity index (χ2n) is 2.65. The van der Waals surface area contributed by atoms with E-state index in [-0.39, 0.29) is 0 Å². The summed E-state index contributed by atoms with van der Waals surface area (Å²) in [5.41, 5.74) is 0. The predicted molar refractivity (Wildman–Crippen MR) is 56.5 cm³/mol. The van der Waals surface area contributed by atoms with Crippen molar-refractivity contribution in [3.8, 4) is 0 Å². The van der Waals surface area contributed by atoms with Crippen LogP contribution in [0.2, 0.25) is 0 Å². The standard InChI is InChI=1S/C5H10O.C3H9N.C2H6/c1-2-3-4-5-6;1-4(2)3;1-2/h5H,2-4H2,1H3;1-3H3;1-2H3. The second-order valence-corrected chi connectivity index (χ2v) is 2.65. The third kappa shape index (κ3) is 104. The van der Waals surface area contributed by atoms with Crippen LogP contribution in [0, 0.1) is 0 Å². The smallest absolute Gasteiger partial charge is 0.119 e. The molecule has 0 aromatic heterocycles. The van der Waals surface area contributed by atoms with Gasteiger partial charge in [-0.3, -0.25) is 0 Å². The van der Waals surface area contributed by atoms with Crippen LogP contribution in [-0.4, -0.2) is 32.3 Å². The quantitative estimate of drug-likeness (QED) is 0.485. The highest BCUT2D eigenvalue weighted by atomic mass is 16.1. The van der Waals surface area contributed by atoms with Gasteiger partial charge in [0.05, 0.1) is 0 Å². The summed E-state index contributed by atoms with van der Waals surface area (Å²) in [6, 6.07) is 0. The van der Waals surface area contributed by atoms with Crippen molar-refractivity contribution in [1.29, 1.82) is 0 Å². The normalized spacial score (nSPS) is 7.58. The number of carbonyl (C=O) groups is 1. The van der Waals surface area contributed by atoms with E-state index in [4.69, 9.17) is 0 Å². The van der Waals surface area contributed by atoms with Gasteiger partial charge >= 0.3 is 0 Å². The molecule has 0 saturated heterocycles. The number of nitrogens with zero attached hydrogens (tertiary/aromatic N) is 1. The van der Waals surface area contributed by atoms with Crippen molar-refractivity contribution in [3.05, 3.63) is 0 Å². The summed E-state index contributed by atoms with van der Waals surface area (Å²) in [4.78, 5) is 11.6. The summed E-state index contributed by atoms with van der Waals surface area (Å²) in [6.07, 6.45) is 3.86. The van der Waals surface area contributed by atoms with Crippen LogP contribution in [0.4, 0.5) is 0 Å². The summed E-state index contributed by atoms with van der Waals surface area (Å²) in [6.45, 7) is 6.07. The fourth-order valence-corrected chi connectivity index (χ4v) is 0.287. The van der Waals surface area contributed by atoms with Crippen molar-refractivity contribution in [2.75, 3.05) is 21.1 Å². The average Bonchev–Trinajstić information content (AvgIpc) is 2.04. The van der Waals surface area contributed by atoms with Crippen molar-refractivity contribution < 1.29 is 4.79 Å². The van der Waals surface area contributed by atoms with Crippen molar-refractivity contribution in [2.45, 2.75) is 40.0 Å². The minimum Gasteiger partial charge on any atom is -0.312 e. The Morgan fingerprint density at radius 1 is 1.17 bits per heavy atom. The molecule has 0 radical (unpaired) electrons. The van der Waals surface area contributed by atoms with Crippen molar-refractivity contribution >= 4 is 6.29 Å². The van der Waals surface area contributed by atoms with Crippen LogP contribution in [0.15, 0.2) is 0 Å². The lowest BCUT2D eigenvalue weighted by atomic mass is 10.3. The molecule has 0 bridgehead atoms. The Balaban J connectivity index is -0.000000118. The third-order valence-corrected chi connectivity index (χ3v) is 0.676. The van der Waals surface area contributed by atoms with Crippen LogP contribution in [0.3, 0.4) is 0 Å². The Bertz CT molecular complexity index is 60.1. The monoisotopic (exact) mass is 175 g/mol. The first-order valence-corrected chi connectivity index (χ1v) is 4.69. The van der Waals surface area contributed by atoms with E-state index < -0.39 is 0 Å².